The minimum Gasteiger partial charge on any atom is -0.341 e. The molecule has 0 spiro atoms. The highest BCUT2D eigenvalue weighted by molar-refractivity contribution is 7.99. The monoisotopic (exact) mass is 428 g/mol. The Morgan fingerprint density at radius 2 is 1.65 bits per heavy atom. The van der Waals surface area contributed by atoms with Crippen molar-refractivity contribution in [3.05, 3.63) is 103 Å². The van der Waals surface area contributed by atoms with Crippen LogP contribution in [0.15, 0.2) is 91.4 Å². The van der Waals surface area contributed by atoms with Crippen molar-refractivity contribution < 1.29 is 4.79 Å². The molecule has 1 amide bonds. The Labute approximate surface area is 186 Å². The zero-order valence-electron chi connectivity index (χ0n) is 17.4. The van der Waals surface area contributed by atoms with Gasteiger partial charge in [0.2, 0.25) is 5.91 Å². The summed E-state index contributed by atoms with van der Waals surface area (Å²) in [5, 5.41) is 4.83. The number of hydrogen-bond donors (Lipinski definition) is 0. The predicted octanol–water partition coefficient (Wildman–Crippen LogP) is 4.83. The van der Waals surface area contributed by atoms with Gasteiger partial charge in [0.1, 0.15) is 0 Å². The van der Waals surface area contributed by atoms with Crippen molar-refractivity contribution in [2.45, 2.75) is 12.3 Å². The van der Waals surface area contributed by atoms with E-state index in [0.29, 0.717) is 12.3 Å². The zero-order valence-corrected chi connectivity index (χ0v) is 18.2. The molecule has 6 heteroatoms. The molecule has 0 fully saturated rings. The number of hydrogen-bond acceptors (Lipinski definition) is 4. The molecule has 0 bridgehead atoms. The molecule has 2 aromatic carbocycles. The third-order valence-electron chi connectivity index (χ3n) is 4.93. The minimum atomic E-state index is 0.102. The predicted molar refractivity (Wildman–Crippen MR) is 126 cm³/mol. The number of para-hydroxylation sites is 1. The van der Waals surface area contributed by atoms with Crippen LogP contribution in [0.5, 0.6) is 0 Å². The lowest BCUT2D eigenvalue weighted by atomic mass is 10.1. The number of benzene rings is 2. The summed E-state index contributed by atoms with van der Waals surface area (Å²) in [5.74, 6) is 1.33. The van der Waals surface area contributed by atoms with Gasteiger partial charge in [0.05, 0.1) is 17.1 Å². The average Bonchev–Trinajstić information content (AvgIpc) is 3.24. The van der Waals surface area contributed by atoms with Crippen LogP contribution in [-0.4, -0.2) is 38.4 Å². The third kappa shape index (κ3) is 5.41. The van der Waals surface area contributed by atoms with Crippen molar-refractivity contribution in [2.75, 3.05) is 12.8 Å². The Hall–Kier alpha value is -3.38. The number of carbonyl (C=O) groups is 1. The lowest BCUT2D eigenvalue weighted by Crippen LogP contribution is -2.27. The van der Waals surface area contributed by atoms with Crippen LogP contribution >= 0.6 is 11.8 Å². The highest BCUT2D eigenvalue weighted by Crippen LogP contribution is 2.25. The Morgan fingerprint density at radius 1 is 0.968 bits per heavy atom. The van der Waals surface area contributed by atoms with E-state index in [-0.39, 0.29) is 5.91 Å². The first kappa shape index (κ1) is 20.9. The van der Waals surface area contributed by atoms with Crippen LogP contribution in [0.1, 0.15) is 11.1 Å². The van der Waals surface area contributed by atoms with E-state index in [1.54, 1.807) is 29.1 Å². The van der Waals surface area contributed by atoms with Gasteiger partial charge in [-0.25, -0.2) is 4.68 Å². The number of rotatable bonds is 8. The summed E-state index contributed by atoms with van der Waals surface area (Å²) in [7, 11) is 1.85. The molecule has 0 aliphatic heterocycles. The summed E-state index contributed by atoms with van der Waals surface area (Å²) < 4.78 is 1.88. The summed E-state index contributed by atoms with van der Waals surface area (Å²) in [6.45, 7) is 0.506. The fourth-order valence-electron chi connectivity index (χ4n) is 3.27. The summed E-state index contributed by atoms with van der Waals surface area (Å²) in [5.41, 5.74) is 5.12. The standard InChI is InChI=1S/C25H24N4OS/c1-28(24(30)19-31-18-20-12-14-26-15-13-20)16-22-17-29(23-10-6-3-7-11-23)27-25(22)21-8-4-2-5-9-21/h2-15,17H,16,18-19H2,1H3. The van der Waals surface area contributed by atoms with Crippen LogP contribution in [-0.2, 0) is 17.1 Å². The van der Waals surface area contributed by atoms with E-state index in [2.05, 4.69) is 4.98 Å². The molecule has 0 aliphatic rings. The Bertz CT molecular complexity index is 1110. The Balaban J connectivity index is 1.48. The molecule has 0 unspecified atom stereocenters. The van der Waals surface area contributed by atoms with Gasteiger partial charge in [-0.2, -0.15) is 5.10 Å². The van der Waals surface area contributed by atoms with Crippen molar-refractivity contribution in [1.82, 2.24) is 19.7 Å². The quantitative estimate of drug-likeness (QED) is 0.403. The molecule has 2 heterocycles. The first-order chi connectivity index (χ1) is 15.2. The number of thioether (sulfide) groups is 1. The maximum atomic E-state index is 12.7. The molecular weight excluding hydrogens is 404 g/mol. The number of carbonyl (C=O) groups excluding carboxylic acids is 1. The first-order valence-corrected chi connectivity index (χ1v) is 11.3. The number of aromatic nitrogens is 3. The molecule has 0 aliphatic carbocycles. The first-order valence-electron chi connectivity index (χ1n) is 10.1. The van der Waals surface area contributed by atoms with Gasteiger partial charge in [-0.1, -0.05) is 48.5 Å². The van der Waals surface area contributed by atoms with Gasteiger partial charge >= 0.3 is 0 Å². The second-order valence-corrected chi connectivity index (χ2v) is 8.23. The number of nitrogens with zero attached hydrogens (tertiary/aromatic N) is 4. The van der Waals surface area contributed by atoms with E-state index >= 15 is 0 Å². The molecule has 4 rings (SSSR count). The van der Waals surface area contributed by atoms with E-state index in [9.17, 15) is 4.79 Å². The summed E-state index contributed by atoms with van der Waals surface area (Å²) >= 11 is 1.62. The van der Waals surface area contributed by atoms with Gasteiger partial charge in [-0.15, -0.1) is 11.8 Å². The van der Waals surface area contributed by atoms with E-state index in [0.717, 1.165) is 28.3 Å². The minimum absolute atomic E-state index is 0.102. The second-order valence-electron chi connectivity index (χ2n) is 7.25. The van der Waals surface area contributed by atoms with Crippen LogP contribution in [0.4, 0.5) is 0 Å². The van der Waals surface area contributed by atoms with E-state index in [1.807, 2.05) is 90.7 Å². The molecule has 31 heavy (non-hydrogen) atoms. The van der Waals surface area contributed by atoms with Crippen LogP contribution in [0.3, 0.4) is 0 Å². The highest BCUT2D eigenvalue weighted by Gasteiger charge is 2.16. The molecule has 156 valence electrons. The van der Waals surface area contributed by atoms with Crippen molar-refractivity contribution in [3.63, 3.8) is 0 Å². The van der Waals surface area contributed by atoms with E-state index < -0.39 is 0 Å². The molecule has 4 aromatic rings. The fourth-order valence-corrected chi connectivity index (χ4v) is 4.19. The highest BCUT2D eigenvalue weighted by atomic mass is 32.2. The molecule has 0 radical (unpaired) electrons. The van der Waals surface area contributed by atoms with Gasteiger partial charge in [0, 0.05) is 49.1 Å². The number of amides is 1. The SMILES string of the molecule is CN(Cc1cn(-c2ccccc2)nc1-c1ccccc1)C(=O)CSCc1ccncc1. The summed E-state index contributed by atoms with van der Waals surface area (Å²) in [6, 6.07) is 24.1. The molecule has 5 nitrogen and oxygen atoms in total. The topological polar surface area (TPSA) is 51.0 Å². The zero-order chi connectivity index (χ0) is 21.5. The van der Waals surface area contributed by atoms with Crippen LogP contribution in [0.2, 0.25) is 0 Å². The smallest absolute Gasteiger partial charge is 0.232 e. The van der Waals surface area contributed by atoms with Crippen molar-refractivity contribution in [3.8, 4) is 16.9 Å². The van der Waals surface area contributed by atoms with Crippen molar-refractivity contribution >= 4 is 17.7 Å². The van der Waals surface area contributed by atoms with Gasteiger partial charge < -0.3 is 4.90 Å². The molecule has 0 N–H and O–H groups in total. The molecule has 0 saturated heterocycles. The Kier molecular flexibility index (Phi) is 6.79. The summed E-state index contributed by atoms with van der Waals surface area (Å²) in [6.07, 6.45) is 5.57. The third-order valence-corrected chi connectivity index (χ3v) is 5.92. The van der Waals surface area contributed by atoms with Crippen molar-refractivity contribution in [1.29, 1.82) is 0 Å². The van der Waals surface area contributed by atoms with Crippen LogP contribution in [0.25, 0.3) is 16.9 Å². The van der Waals surface area contributed by atoms with Crippen molar-refractivity contribution in [2.24, 2.45) is 0 Å². The van der Waals surface area contributed by atoms with Gasteiger partial charge in [-0.05, 0) is 29.8 Å². The molecular formula is C25H24N4OS. The Morgan fingerprint density at radius 3 is 2.35 bits per heavy atom. The maximum Gasteiger partial charge on any atom is 0.232 e. The van der Waals surface area contributed by atoms with Gasteiger partial charge in [-0.3, -0.25) is 9.78 Å². The van der Waals surface area contributed by atoms with Gasteiger partial charge in [0.25, 0.3) is 0 Å². The molecule has 0 atom stereocenters. The van der Waals surface area contributed by atoms with Gasteiger partial charge in [0.15, 0.2) is 0 Å². The largest absolute Gasteiger partial charge is 0.341 e. The lowest BCUT2D eigenvalue weighted by molar-refractivity contribution is -0.127. The normalized spacial score (nSPS) is 10.7. The fraction of sp³-hybridized carbons (Fsp3) is 0.160. The van der Waals surface area contributed by atoms with Crippen LogP contribution in [0, 0.1) is 0 Å². The average molecular weight is 429 g/mol. The molecule has 0 saturated carbocycles. The maximum absolute atomic E-state index is 12.7. The molecule has 2 aromatic heterocycles. The summed E-state index contributed by atoms with van der Waals surface area (Å²) in [4.78, 5) is 18.5. The van der Waals surface area contributed by atoms with E-state index in [1.165, 1.54) is 5.56 Å². The van der Waals surface area contributed by atoms with E-state index in [4.69, 9.17) is 5.10 Å². The second kappa shape index (κ2) is 10.1. The lowest BCUT2D eigenvalue weighted by Gasteiger charge is -2.17. The van der Waals surface area contributed by atoms with Crippen LogP contribution < -0.4 is 0 Å². The number of pyridine rings is 1.